The molecular formula is C14H24N2S. The van der Waals surface area contributed by atoms with Crippen LogP contribution >= 0.6 is 11.3 Å². The van der Waals surface area contributed by atoms with Gasteiger partial charge in [-0.2, -0.15) is 0 Å². The number of thiazole rings is 1. The summed E-state index contributed by atoms with van der Waals surface area (Å²) in [4.78, 5) is 4.80. The molecule has 17 heavy (non-hydrogen) atoms. The molecule has 1 aromatic heterocycles. The van der Waals surface area contributed by atoms with Gasteiger partial charge < -0.3 is 5.73 Å². The van der Waals surface area contributed by atoms with Crippen LogP contribution in [-0.4, -0.2) is 4.98 Å². The lowest BCUT2D eigenvalue weighted by Crippen LogP contribution is -2.41. The van der Waals surface area contributed by atoms with Crippen molar-refractivity contribution in [2.45, 2.75) is 64.3 Å². The molecule has 0 bridgehead atoms. The third-order valence-corrected chi connectivity index (χ3v) is 4.79. The van der Waals surface area contributed by atoms with Gasteiger partial charge >= 0.3 is 0 Å². The molecule has 1 saturated carbocycles. The molecule has 0 aliphatic heterocycles. The summed E-state index contributed by atoms with van der Waals surface area (Å²) in [6.45, 7) is 8.93. The van der Waals surface area contributed by atoms with Gasteiger partial charge in [0, 0.05) is 10.8 Å². The first-order valence-corrected chi connectivity index (χ1v) is 7.44. The van der Waals surface area contributed by atoms with Crippen LogP contribution in [-0.2, 0) is 11.0 Å². The molecule has 1 aliphatic carbocycles. The number of nitrogens with zero attached hydrogens (tertiary/aromatic N) is 1. The topological polar surface area (TPSA) is 38.9 Å². The van der Waals surface area contributed by atoms with Gasteiger partial charge in [-0.3, -0.25) is 0 Å². The Morgan fingerprint density at radius 1 is 1.47 bits per heavy atom. The molecule has 1 heterocycles. The van der Waals surface area contributed by atoms with Gasteiger partial charge in [0.1, 0.15) is 5.01 Å². The third kappa shape index (κ3) is 2.71. The van der Waals surface area contributed by atoms with Crippen molar-refractivity contribution in [1.29, 1.82) is 0 Å². The average Bonchev–Trinajstić information content (AvgIpc) is 2.65. The molecule has 2 nitrogen and oxygen atoms in total. The van der Waals surface area contributed by atoms with Crippen molar-refractivity contribution in [3.8, 4) is 0 Å². The zero-order valence-electron chi connectivity index (χ0n) is 11.4. The van der Waals surface area contributed by atoms with Gasteiger partial charge in [0.05, 0.1) is 11.2 Å². The maximum absolute atomic E-state index is 6.58. The van der Waals surface area contributed by atoms with Crippen LogP contribution in [0, 0.1) is 5.92 Å². The first kappa shape index (κ1) is 13.0. The largest absolute Gasteiger partial charge is 0.319 e. The maximum Gasteiger partial charge on any atom is 0.113 e. The lowest BCUT2D eigenvalue weighted by Gasteiger charge is -2.35. The third-order valence-electron chi connectivity index (χ3n) is 3.73. The molecule has 1 aliphatic rings. The molecule has 3 heteroatoms. The molecule has 2 atom stereocenters. The van der Waals surface area contributed by atoms with E-state index in [9.17, 15) is 0 Å². The Labute approximate surface area is 109 Å². The maximum atomic E-state index is 6.58. The highest BCUT2D eigenvalue weighted by Crippen LogP contribution is 2.40. The number of nitrogens with two attached hydrogens (primary N) is 1. The average molecular weight is 252 g/mol. The van der Waals surface area contributed by atoms with Crippen LogP contribution in [0.1, 0.15) is 64.1 Å². The summed E-state index contributed by atoms with van der Waals surface area (Å²) < 4.78 is 0. The molecule has 0 aromatic carbocycles. The smallest absolute Gasteiger partial charge is 0.113 e. The molecule has 2 unspecified atom stereocenters. The summed E-state index contributed by atoms with van der Waals surface area (Å²) in [6.07, 6.45) is 4.73. The van der Waals surface area contributed by atoms with Crippen LogP contribution in [0.15, 0.2) is 5.38 Å². The van der Waals surface area contributed by atoms with Gasteiger partial charge in [-0.15, -0.1) is 11.3 Å². The summed E-state index contributed by atoms with van der Waals surface area (Å²) in [5.41, 5.74) is 7.73. The van der Waals surface area contributed by atoms with Crippen molar-refractivity contribution in [3.63, 3.8) is 0 Å². The predicted molar refractivity (Wildman–Crippen MR) is 74.3 cm³/mol. The second kappa shape index (κ2) is 4.36. The van der Waals surface area contributed by atoms with Gasteiger partial charge in [-0.25, -0.2) is 4.98 Å². The molecule has 0 amide bonds. The zero-order chi connectivity index (χ0) is 12.7. The van der Waals surface area contributed by atoms with E-state index < -0.39 is 0 Å². The Morgan fingerprint density at radius 2 is 2.18 bits per heavy atom. The van der Waals surface area contributed by atoms with Gasteiger partial charge in [0.15, 0.2) is 0 Å². The summed E-state index contributed by atoms with van der Waals surface area (Å²) in [7, 11) is 0. The molecule has 96 valence electrons. The fraction of sp³-hybridized carbons (Fsp3) is 0.786. The number of hydrogen-bond acceptors (Lipinski definition) is 3. The van der Waals surface area contributed by atoms with E-state index in [1.165, 1.54) is 18.5 Å². The Balaban J connectivity index is 2.24. The van der Waals surface area contributed by atoms with Crippen molar-refractivity contribution < 1.29 is 0 Å². The molecular weight excluding hydrogens is 228 g/mol. The van der Waals surface area contributed by atoms with Crippen LogP contribution in [0.25, 0.3) is 0 Å². The van der Waals surface area contributed by atoms with E-state index in [-0.39, 0.29) is 11.0 Å². The van der Waals surface area contributed by atoms with E-state index in [0.717, 1.165) is 23.8 Å². The van der Waals surface area contributed by atoms with Gasteiger partial charge in [-0.1, -0.05) is 40.5 Å². The SMILES string of the molecule is CC1CCCC(N)(c2nc(C(C)(C)C)cs2)C1. The first-order chi connectivity index (χ1) is 7.81. The van der Waals surface area contributed by atoms with E-state index in [2.05, 4.69) is 33.1 Å². The van der Waals surface area contributed by atoms with Crippen LogP contribution in [0.4, 0.5) is 0 Å². The highest BCUT2D eigenvalue weighted by Gasteiger charge is 2.35. The van der Waals surface area contributed by atoms with Gasteiger partial charge in [0.2, 0.25) is 0 Å². The molecule has 0 saturated heterocycles. The van der Waals surface area contributed by atoms with Crippen molar-refractivity contribution in [1.82, 2.24) is 4.98 Å². The summed E-state index contributed by atoms with van der Waals surface area (Å²) in [5, 5.41) is 3.33. The monoisotopic (exact) mass is 252 g/mol. The molecule has 2 N–H and O–H groups in total. The van der Waals surface area contributed by atoms with Crippen LogP contribution in [0.5, 0.6) is 0 Å². The quantitative estimate of drug-likeness (QED) is 0.825. The standard InChI is InChI=1S/C14H24N2S/c1-10-6-5-7-14(15,8-10)12-16-11(9-17-12)13(2,3)4/h9-10H,5-8,15H2,1-4H3. The number of aromatic nitrogens is 1. The molecule has 0 radical (unpaired) electrons. The second-order valence-electron chi connectivity index (χ2n) is 6.65. The predicted octanol–water partition coefficient (Wildman–Crippen LogP) is 3.80. The van der Waals surface area contributed by atoms with E-state index in [1.807, 2.05) is 0 Å². The summed E-state index contributed by atoms with van der Waals surface area (Å²) in [5.74, 6) is 0.732. The zero-order valence-corrected chi connectivity index (χ0v) is 12.2. The molecule has 0 spiro atoms. The normalized spacial score (nSPS) is 30.5. The molecule has 1 fully saturated rings. The minimum absolute atomic E-state index is 0.130. The highest BCUT2D eigenvalue weighted by atomic mass is 32.1. The van der Waals surface area contributed by atoms with Crippen molar-refractivity contribution in [3.05, 3.63) is 16.1 Å². The Hall–Kier alpha value is -0.410. The van der Waals surface area contributed by atoms with E-state index in [1.54, 1.807) is 11.3 Å². The fourth-order valence-electron chi connectivity index (χ4n) is 2.63. The first-order valence-electron chi connectivity index (χ1n) is 6.57. The minimum Gasteiger partial charge on any atom is -0.319 e. The highest BCUT2D eigenvalue weighted by molar-refractivity contribution is 7.09. The molecule has 1 aromatic rings. The van der Waals surface area contributed by atoms with E-state index in [0.29, 0.717) is 0 Å². The van der Waals surface area contributed by atoms with Gasteiger partial charge in [0.25, 0.3) is 0 Å². The fourth-order valence-corrected chi connectivity index (χ4v) is 3.83. The van der Waals surface area contributed by atoms with Crippen LogP contribution < -0.4 is 5.73 Å². The van der Waals surface area contributed by atoms with Crippen LogP contribution in [0.3, 0.4) is 0 Å². The van der Waals surface area contributed by atoms with Crippen molar-refractivity contribution >= 4 is 11.3 Å². The molecule has 2 rings (SSSR count). The summed E-state index contributed by atoms with van der Waals surface area (Å²) >= 11 is 1.75. The van der Waals surface area contributed by atoms with Crippen molar-refractivity contribution in [2.75, 3.05) is 0 Å². The van der Waals surface area contributed by atoms with Crippen molar-refractivity contribution in [2.24, 2.45) is 11.7 Å². The minimum atomic E-state index is -0.161. The second-order valence-corrected chi connectivity index (χ2v) is 7.50. The summed E-state index contributed by atoms with van der Waals surface area (Å²) in [6, 6.07) is 0. The Morgan fingerprint density at radius 3 is 2.71 bits per heavy atom. The van der Waals surface area contributed by atoms with Crippen LogP contribution in [0.2, 0.25) is 0 Å². The van der Waals surface area contributed by atoms with Gasteiger partial charge in [-0.05, 0) is 18.8 Å². The Kier molecular flexibility index (Phi) is 3.34. The van der Waals surface area contributed by atoms with E-state index >= 15 is 0 Å². The lowest BCUT2D eigenvalue weighted by molar-refractivity contribution is 0.238. The number of rotatable bonds is 1. The number of hydrogen-bond donors (Lipinski definition) is 1. The Bertz CT molecular complexity index is 391. The lowest BCUT2D eigenvalue weighted by atomic mass is 9.77. The van der Waals surface area contributed by atoms with E-state index in [4.69, 9.17) is 10.7 Å².